The van der Waals surface area contributed by atoms with E-state index in [-0.39, 0.29) is 0 Å². The Morgan fingerprint density at radius 3 is 2.30 bits per heavy atom. The Kier molecular flexibility index (Phi) is 2.29. The van der Waals surface area contributed by atoms with E-state index in [1.807, 2.05) is 0 Å². The smallest absolute Gasteiger partial charge is 0.114 e. The predicted octanol–water partition coefficient (Wildman–Crippen LogP) is 1.83. The van der Waals surface area contributed by atoms with Gasteiger partial charge in [-0.05, 0) is 27.2 Å². The highest BCUT2D eigenvalue weighted by Crippen LogP contribution is 2.21. The summed E-state index contributed by atoms with van der Waals surface area (Å²) < 4.78 is 12.7. The first-order valence-electron chi connectivity index (χ1n) is 4.01. The molecule has 0 spiro atoms. The first-order chi connectivity index (χ1) is 4.61. The van der Waals surface area contributed by atoms with Gasteiger partial charge >= 0.3 is 0 Å². The van der Waals surface area contributed by atoms with Crippen LogP contribution in [0.5, 0.6) is 0 Å². The highest BCUT2D eigenvalue weighted by molar-refractivity contribution is 4.83. The van der Waals surface area contributed by atoms with Crippen LogP contribution >= 0.6 is 0 Å². The molecule has 1 nitrogen and oxygen atoms in total. The summed E-state index contributed by atoms with van der Waals surface area (Å²) in [6.07, 6.45) is 0.135. The maximum Gasteiger partial charge on any atom is 0.114 e. The zero-order valence-electron chi connectivity index (χ0n) is 6.97. The summed E-state index contributed by atoms with van der Waals surface area (Å²) in [5.74, 6) is 0. The highest BCUT2D eigenvalue weighted by atomic mass is 19.1. The first-order valence-corrected chi connectivity index (χ1v) is 4.01. The van der Waals surface area contributed by atoms with Crippen LogP contribution in [0.25, 0.3) is 0 Å². The monoisotopic (exact) mass is 145 g/mol. The summed E-state index contributed by atoms with van der Waals surface area (Å²) in [7, 11) is 0. The van der Waals surface area contributed by atoms with Gasteiger partial charge in [0.25, 0.3) is 0 Å². The van der Waals surface area contributed by atoms with Gasteiger partial charge in [0.05, 0.1) is 0 Å². The number of rotatable bonds is 1. The summed E-state index contributed by atoms with van der Waals surface area (Å²) in [6, 6.07) is 0.936. The number of nitrogens with zero attached hydrogens (tertiary/aromatic N) is 1. The maximum absolute atomic E-state index is 12.7. The number of alkyl halides is 1. The van der Waals surface area contributed by atoms with E-state index in [9.17, 15) is 4.39 Å². The van der Waals surface area contributed by atoms with Crippen LogP contribution in [0.15, 0.2) is 0 Å². The third-order valence-corrected chi connectivity index (χ3v) is 2.24. The molecule has 2 atom stereocenters. The van der Waals surface area contributed by atoms with Crippen molar-refractivity contribution < 1.29 is 4.39 Å². The van der Waals surface area contributed by atoms with Gasteiger partial charge in [-0.25, -0.2) is 4.39 Å². The topological polar surface area (TPSA) is 3.24 Å². The van der Waals surface area contributed by atoms with Gasteiger partial charge in [-0.15, -0.1) is 0 Å². The molecule has 0 amide bonds. The average molecular weight is 145 g/mol. The van der Waals surface area contributed by atoms with Crippen molar-refractivity contribution in [1.29, 1.82) is 0 Å². The van der Waals surface area contributed by atoms with E-state index in [4.69, 9.17) is 0 Å². The molecule has 1 heterocycles. The molecular weight excluding hydrogens is 129 g/mol. The van der Waals surface area contributed by atoms with E-state index < -0.39 is 6.17 Å². The standard InChI is InChI=1S/C8H16FN/c1-6(2)10-5-8(9)4-7(10)3/h6-8H,4-5H2,1-3H3. The first kappa shape index (κ1) is 7.99. The van der Waals surface area contributed by atoms with Gasteiger partial charge in [-0.1, -0.05) is 0 Å². The second-order valence-electron chi connectivity index (χ2n) is 3.47. The zero-order valence-corrected chi connectivity index (χ0v) is 6.97. The highest BCUT2D eigenvalue weighted by Gasteiger charge is 2.29. The van der Waals surface area contributed by atoms with Crippen LogP contribution < -0.4 is 0 Å². The lowest BCUT2D eigenvalue weighted by Crippen LogP contribution is -2.33. The SMILES string of the molecule is CC(C)N1CC(F)CC1C. The minimum atomic E-state index is -0.586. The summed E-state index contributed by atoms with van der Waals surface area (Å²) in [4.78, 5) is 2.21. The van der Waals surface area contributed by atoms with Crippen molar-refractivity contribution in [2.24, 2.45) is 0 Å². The molecular formula is C8H16FN. The van der Waals surface area contributed by atoms with Gasteiger partial charge in [-0.2, -0.15) is 0 Å². The van der Waals surface area contributed by atoms with Gasteiger partial charge in [0.15, 0.2) is 0 Å². The molecule has 1 fully saturated rings. The predicted molar refractivity (Wildman–Crippen MR) is 40.8 cm³/mol. The number of hydrogen-bond donors (Lipinski definition) is 0. The Bertz CT molecular complexity index is 114. The molecule has 1 rings (SSSR count). The van der Waals surface area contributed by atoms with Crippen LogP contribution in [0.4, 0.5) is 4.39 Å². The van der Waals surface area contributed by atoms with Crippen molar-refractivity contribution in [1.82, 2.24) is 4.90 Å². The third-order valence-electron chi connectivity index (χ3n) is 2.24. The summed E-state index contributed by atoms with van der Waals surface area (Å²) in [5, 5.41) is 0. The fourth-order valence-corrected chi connectivity index (χ4v) is 1.71. The lowest BCUT2D eigenvalue weighted by Gasteiger charge is -2.24. The summed E-state index contributed by atoms with van der Waals surface area (Å²) in [6.45, 7) is 6.97. The molecule has 0 radical (unpaired) electrons. The van der Waals surface area contributed by atoms with Crippen molar-refractivity contribution in [3.63, 3.8) is 0 Å². The number of halogens is 1. The Labute approximate surface area is 62.2 Å². The van der Waals surface area contributed by atoms with Gasteiger partial charge in [0, 0.05) is 18.6 Å². The molecule has 0 saturated carbocycles. The molecule has 2 unspecified atom stereocenters. The van der Waals surface area contributed by atoms with Gasteiger partial charge in [0.2, 0.25) is 0 Å². The lowest BCUT2D eigenvalue weighted by molar-refractivity contribution is 0.205. The minimum absolute atomic E-state index is 0.440. The molecule has 0 N–H and O–H groups in total. The third kappa shape index (κ3) is 1.48. The van der Waals surface area contributed by atoms with E-state index in [1.54, 1.807) is 0 Å². The van der Waals surface area contributed by atoms with Crippen molar-refractivity contribution in [3.8, 4) is 0 Å². The molecule has 1 aliphatic heterocycles. The van der Waals surface area contributed by atoms with E-state index in [0.29, 0.717) is 18.6 Å². The van der Waals surface area contributed by atoms with Gasteiger partial charge < -0.3 is 0 Å². The van der Waals surface area contributed by atoms with Crippen LogP contribution in [0.3, 0.4) is 0 Å². The maximum atomic E-state index is 12.7. The van der Waals surface area contributed by atoms with Gasteiger partial charge in [-0.3, -0.25) is 4.90 Å². The largest absolute Gasteiger partial charge is 0.295 e. The van der Waals surface area contributed by atoms with Crippen molar-refractivity contribution in [3.05, 3.63) is 0 Å². The lowest BCUT2D eigenvalue weighted by atomic mass is 10.2. The van der Waals surface area contributed by atoms with Crippen LogP contribution in [-0.2, 0) is 0 Å². The van der Waals surface area contributed by atoms with E-state index in [1.165, 1.54) is 0 Å². The van der Waals surface area contributed by atoms with Gasteiger partial charge in [0.1, 0.15) is 6.17 Å². The molecule has 10 heavy (non-hydrogen) atoms. The Morgan fingerprint density at radius 1 is 1.50 bits per heavy atom. The summed E-state index contributed by atoms with van der Waals surface area (Å²) >= 11 is 0. The van der Waals surface area contributed by atoms with Crippen LogP contribution in [0.2, 0.25) is 0 Å². The van der Waals surface area contributed by atoms with Crippen LogP contribution in [-0.4, -0.2) is 29.7 Å². The number of hydrogen-bond acceptors (Lipinski definition) is 1. The molecule has 1 aliphatic rings. The molecule has 1 saturated heterocycles. The molecule has 60 valence electrons. The van der Waals surface area contributed by atoms with Crippen molar-refractivity contribution in [2.45, 2.75) is 45.4 Å². The molecule has 2 heteroatoms. The molecule has 0 aromatic carbocycles. The Morgan fingerprint density at radius 2 is 2.10 bits per heavy atom. The normalized spacial score (nSPS) is 35.7. The van der Waals surface area contributed by atoms with Crippen LogP contribution in [0.1, 0.15) is 27.2 Å². The van der Waals surface area contributed by atoms with Crippen LogP contribution in [0, 0.1) is 0 Å². The molecule has 0 aromatic heterocycles. The van der Waals surface area contributed by atoms with Crippen molar-refractivity contribution >= 4 is 0 Å². The minimum Gasteiger partial charge on any atom is -0.295 e. The zero-order chi connectivity index (χ0) is 7.72. The fourth-order valence-electron chi connectivity index (χ4n) is 1.71. The van der Waals surface area contributed by atoms with E-state index in [2.05, 4.69) is 25.7 Å². The second kappa shape index (κ2) is 2.87. The average Bonchev–Trinajstić information content (AvgIpc) is 2.10. The Balaban J connectivity index is 2.46. The van der Waals surface area contributed by atoms with E-state index in [0.717, 1.165) is 6.42 Å². The fraction of sp³-hybridized carbons (Fsp3) is 1.00. The second-order valence-corrected chi connectivity index (χ2v) is 3.47. The number of likely N-dealkylation sites (tertiary alicyclic amines) is 1. The quantitative estimate of drug-likeness (QED) is 0.544. The molecule has 0 bridgehead atoms. The molecule has 0 aromatic rings. The Hall–Kier alpha value is -0.110. The van der Waals surface area contributed by atoms with Crippen molar-refractivity contribution in [2.75, 3.05) is 6.54 Å². The van der Waals surface area contributed by atoms with E-state index >= 15 is 0 Å². The molecule has 0 aliphatic carbocycles. The summed E-state index contributed by atoms with van der Waals surface area (Å²) in [5.41, 5.74) is 0.